The molecule has 8 nitrogen and oxygen atoms in total. The van der Waals surface area contributed by atoms with Crippen LogP contribution in [-0.2, 0) is 11.2 Å². The largest absolute Gasteiger partial charge is 0.394 e. The van der Waals surface area contributed by atoms with Gasteiger partial charge in [0.1, 0.15) is 17.4 Å². The van der Waals surface area contributed by atoms with Crippen LogP contribution in [0.1, 0.15) is 17.6 Å². The van der Waals surface area contributed by atoms with Crippen LogP contribution in [-0.4, -0.2) is 53.8 Å². The van der Waals surface area contributed by atoms with Crippen LogP contribution in [0.15, 0.2) is 30.6 Å². The van der Waals surface area contributed by atoms with Gasteiger partial charge in [-0.25, -0.2) is 15.0 Å². The second-order valence-electron chi connectivity index (χ2n) is 6.38. The molecule has 10 heteroatoms. The third-order valence-electron chi connectivity index (χ3n) is 4.56. The van der Waals surface area contributed by atoms with Crippen LogP contribution < -0.4 is 5.73 Å². The Labute approximate surface area is 165 Å². The van der Waals surface area contributed by atoms with E-state index in [0.717, 1.165) is 5.56 Å². The fourth-order valence-electron chi connectivity index (χ4n) is 3.15. The van der Waals surface area contributed by atoms with Crippen molar-refractivity contribution >= 4 is 41.2 Å². The molecule has 4 N–H and O–H groups in total. The molecule has 0 amide bonds. The van der Waals surface area contributed by atoms with E-state index in [1.54, 1.807) is 16.7 Å². The quantitative estimate of drug-likeness (QED) is 0.480. The molecule has 0 spiro atoms. The first-order chi connectivity index (χ1) is 13.0. The summed E-state index contributed by atoms with van der Waals surface area (Å²) in [4.78, 5) is 13.2. The number of imidazole rings is 1. The number of aliphatic hydroxyl groups is 2. The van der Waals surface area contributed by atoms with E-state index in [4.69, 9.17) is 22.1 Å². The maximum absolute atomic E-state index is 10.2. The Hall–Kier alpha value is -1.91. The van der Waals surface area contributed by atoms with E-state index in [1.165, 1.54) is 6.33 Å². The normalized spacial score (nSPS) is 25.3. The zero-order valence-corrected chi connectivity index (χ0v) is 15.8. The van der Waals surface area contributed by atoms with Gasteiger partial charge in [0.25, 0.3) is 0 Å². The van der Waals surface area contributed by atoms with Gasteiger partial charge in [-0.1, -0.05) is 23.7 Å². The van der Waals surface area contributed by atoms with E-state index in [2.05, 4.69) is 27.6 Å². The number of aliphatic hydroxyl groups excluding tert-OH is 2. The van der Waals surface area contributed by atoms with Crippen molar-refractivity contribution in [1.82, 2.24) is 19.5 Å². The maximum Gasteiger partial charge on any atom is 0.167 e. The standard InChI is InChI=1S/C17H18ClN5O3S/c18-9-3-1-8(2-4-9)5-11-21-15(19)12-16(22-11)23(7-20-12)17-14(27)13(25)10(6-24)26-17/h1-4,7,10,13-14,17,24-25,27H,5-6H2,(H2,19,21,22)/t10-,13-,14-,17-/m1/s1. The number of nitrogen functional groups attached to an aromatic ring is 1. The molecule has 1 fully saturated rings. The predicted octanol–water partition coefficient (Wildman–Crippen LogP) is 1.20. The van der Waals surface area contributed by atoms with E-state index >= 15 is 0 Å². The highest BCUT2D eigenvalue weighted by Gasteiger charge is 2.43. The summed E-state index contributed by atoms with van der Waals surface area (Å²) < 4.78 is 7.39. The van der Waals surface area contributed by atoms with Gasteiger partial charge in [-0.15, -0.1) is 0 Å². The van der Waals surface area contributed by atoms with Crippen LogP contribution in [0.25, 0.3) is 11.2 Å². The molecule has 3 heterocycles. The van der Waals surface area contributed by atoms with Crippen LogP contribution in [0.3, 0.4) is 0 Å². The van der Waals surface area contributed by atoms with E-state index < -0.39 is 23.7 Å². The number of hydrogen-bond acceptors (Lipinski definition) is 8. The lowest BCUT2D eigenvalue weighted by Crippen LogP contribution is -2.30. The van der Waals surface area contributed by atoms with Gasteiger partial charge >= 0.3 is 0 Å². The summed E-state index contributed by atoms with van der Waals surface area (Å²) in [5.74, 6) is 0.785. The number of halogens is 1. The summed E-state index contributed by atoms with van der Waals surface area (Å²) >= 11 is 10.4. The van der Waals surface area contributed by atoms with Gasteiger partial charge in [0.05, 0.1) is 24.3 Å². The van der Waals surface area contributed by atoms with Crippen molar-refractivity contribution in [2.75, 3.05) is 12.3 Å². The van der Waals surface area contributed by atoms with Crippen LogP contribution in [0.4, 0.5) is 5.82 Å². The fraction of sp³-hybridized carbons (Fsp3) is 0.353. The summed E-state index contributed by atoms with van der Waals surface area (Å²) in [7, 11) is 0. The molecule has 0 saturated carbocycles. The zero-order valence-electron chi connectivity index (χ0n) is 14.1. The Morgan fingerprint density at radius 1 is 1.26 bits per heavy atom. The number of hydrogen-bond donors (Lipinski definition) is 4. The van der Waals surface area contributed by atoms with Crippen molar-refractivity contribution in [2.24, 2.45) is 0 Å². The minimum Gasteiger partial charge on any atom is -0.394 e. The molecular formula is C17H18ClN5O3S. The number of ether oxygens (including phenoxy) is 1. The van der Waals surface area contributed by atoms with Gasteiger partial charge < -0.3 is 20.7 Å². The second kappa shape index (κ2) is 7.25. The average Bonchev–Trinajstić information content (AvgIpc) is 3.19. The monoisotopic (exact) mass is 407 g/mol. The van der Waals surface area contributed by atoms with Crippen molar-refractivity contribution < 1.29 is 14.9 Å². The molecule has 0 aliphatic carbocycles. The minimum atomic E-state index is -0.909. The van der Waals surface area contributed by atoms with E-state index in [9.17, 15) is 10.2 Å². The van der Waals surface area contributed by atoms with Gasteiger partial charge in [0.2, 0.25) is 0 Å². The molecule has 1 saturated heterocycles. The lowest BCUT2D eigenvalue weighted by Gasteiger charge is -2.17. The first-order valence-electron chi connectivity index (χ1n) is 8.33. The number of benzene rings is 1. The molecule has 2 aromatic heterocycles. The summed E-state index contributed by atoms with van der Waals surface area (Å²) in [6, 6.07) is 7.40. The number of aromatic nitrogens is 4. The average molecular weight is 408 g/mol. The van der Waals surface area contributed by atoms with Gasteiger partial charge in [-0.3, -0.25) is 4.57 Å². The highest BCUT2D eigenvalue weighted by molar-refractivity contribution is 7.81. The molecule has 1 aliphatic rings. The Morgan fingerprint density at radius 2 is 2.00 bits per heavy atom. The van der Waals surface area contributed by atoms with Gasteiger partial charge in [-0.2, -0.15) is 12.6 Å². The predicted molar refractivity (Wildman–Crippen MR) is 104 cm³/mol. The molecule has 27 heavy (non-hydrogen) atoms. The molecule has 0 unspecified atom stereocenters. The summed E-state index contributed by atoms with van der Waals surface area (Å²) in [5.41, 5.74) is 7.99. The summed E-state index contributed by atoms with van der Waals surface area (Å²) in [5, 5.41) is 19.6. The fourth-order valence-corrected chi connectivity index (χ4v) is 3.68. The Bertz CT molecular complexity index is 967. The van der Waals surface area contributed by atoms with Crippen LogP contribution in [0.2, 0.25) is 5.02 Å². The molecule has 1 aliphatic heterocycles. The lowest BCUT2D eigenvalue weighted by molar-refractivity contribution is -0.0430. The number of nitrogens with two attached hydrogens (primary N) is 1. The van der Waals surface area contributed by atoms with Gasteiger partial charge in [0.15, 0.2) is 17.7 Å². The molecule has 0 radical (unpaired) electrons. The molecular weight excluding hydrogens is 390 g/mol. The Morgan fingerprint density at radius 3 is 2.67 bits per heavy atom. The van der Waals surface area contributed by atoms with Crippen molar-refractivity contribution in [3.05, 3.63) is 47.0 Å². The van der Waals surface area contributed by atoms with E-state index in [1.807, 2.05) is 12.1 Å². The lowest BCUT2D eigenvalue weighted by atomic mass is 10.1. The van der Waals surface area contributed by atoms with Crippen molar-refractivity contribution in [3.63, 3.8) is 0 Å². The number of thiol groups is 1. The number of anilines is 1. The molecule has 3 aromatic rings. The molecule has 0 bridgehead atoms. The summed E-state index contributed by atoms with van der Waals surface area (Å²) in [6.07, 6.45) is -0.262. The van der Waals surface area contributed by atoms with Crippen molar-refractivity contribution in [1.29, 1.82) is 0 Å². The van der Waals surface area contributed by atoms with Crippen LogP contribution in [0, 0.1) is 0 Å². The SMILES string of the molecule is Nc1nc(Cc2ccc(Cl)cc2)nc2c1ncn2[C@@H]1O[C@H](CO)[C@@H](O)[C@H]1S. The maximum atomic E-state index is 10.2. The number of fused-ring (bicyclic) bond motifs is 1. The van der Waals surface area contributed by atoms with E-state index in [-0.39, 0.29) is 12.4 Å². The molecule has 1 aromatic carbocycles. The van der Waals surface area contributed by atoms with Crippen molar-refractivity contribution in [3.8, 4) is 0 Å². The highest BCUT2D eigenvalue weighted by Crippen LogP contribution is 2.35. The molecule has 4 rings (SSSR count). The third-order valence-corrected chi connectivity index (χ3v) is 5.37. The van der Waals surface area contributed by atoms with Crippen molar-refractivity contribution in [2.45, 2.75) is 30.1 Å². The number of nitrogens with zero attached hydrogens (tertiary/aromatic N) is 4. The van der Waals surface area contributed by atoms with E-state index in [0.29, 0.717) is 28.4 Å². The third kappa shape index (κ3) is 3.37. The number of rotatable bonds is 4. The van der Waals surface area contributed by atoms with Gasteiger partial charge in [0, 0.05) is 11.4 Å². The van der Waals surface area contributed by atoms with Crippen LogP contribution in [0.5, 0.6) is 0 Å². The minimum absolute atomic E-state index is 0.260. The highest BCUT2D eigenvalue weighted by atomic mass is 35.5. The van der Waals surface area contributed by atoms with Crippen LogP contribution >= 0.6 is 24.2 Å². The first-order valence-corrected chi connectivity index (χ1v) is 9.23. The zero-order chi connectivity index (χ0) is 19.1. The Kier molecular flexibility index (Phi) is 4.95. The molecule has 142 valence electrons. The molecule has 4 atom stereocenters. The Balaban J connectivity index is 1.71. The van der Waals surface area contributed by atoms with Gasteiger partial charge in [-0.05, 0) is 17.7 Å². The first kappa shape index (κ1) is 18.5. The smallest absolute Gasteiger partial charge is 0.167 e. The summed E-state index contributed by atoms with van der Waals surface area (Å²) in [6.45, 7) is -0.305. The topological polar surface area (TPSA) is 119 Å². The second-order valence-corrected chi connectivity index (χ2v) is 7.41.